The highest BCUT2D eigenvalue weighted by Gasteiger charge is 2.12. The van der Waals surface area contributed by atoms with E-state index in [4.69, 9.17) is 0 Å². The highest BCUT2D eigenvalue weighted by molar-refractivity contribution is 5.97. The number of nitrogens with one attached hydrogen (secondary N) is 1. The van der Waals surface area contributed by atoms with Gasteiger partial charge in [0.15, 0.2) is 0 Å². The van der Waals surface area contributed by atoms with Crippen molar-refractivity contribution in [3.05, 3.63) is 0 Å². The molecule has 0 aliphatic carbocycles. The van der Waals surface area contributed by atoms with Crippen molar-refractivity contribution in [3.63, 3.8) is 0 Å². The summed E-state index contributed by atoms with van der Waals surface area (Å²) in [7, 11) is 0. The van der Waals surface area contributed by atoms with Gasteiger partial charge in [-0.1, -0.05) is 0 Å². The number of rotatable bonds is 0. The van der Waals surface area contributed by atoms with Gasteiger partial charge < -0.3 is 0 Å². The Morgan fingerprint density at radius 3 is 1.78 bits per heavy atom. The fourth-order valence-electron chi connectivity index (χ4n) is 0.690. The standard InChI is InChI=1S/C5H7NO2.ClH/c7-4-2-1-3-5(8)6-4;/h1-3H2,(H,6,7,8);1H. The van der Waals surface area contributed by atoms with Gasteiger partial charge in [0, 0.05) is 12.8 Å². The monoisotopic (exact) mass is 149 g/mol. The zero-order valence-corrected chi connectivity index (χ0v) is 5.66. The smallest absolute Gasteiger partial charge is 0.226 e. The summed E-state index contributed by atoms with van der Waals surface area (Å²) in [6.07, 6.45) is 1.72. The maximum absolute atomic E-state index is 10.3. The van der Waals surface area contributed by atoms with Gasteiger partial charge in [-0.2, -0.15) is 0 Å². The van der Waals surface area contributed by atoms with Crippen LogP contribution < -0.4 is 5.32 Å². The van der Waals surface area contributed by atoms with Crippen LogP contribution in [-0.4, -0.2) is 11.8 Å². The van der Waals surface area contributed by atoms with Crippen LogP contribution in [0.1, 0.15) is 19.3 Å². The molecule has 0 atom stereocenters. The highest BCUT2D eigenvalue weighted by atomic mass is 35.5. The van der Waals surface area contributed by atoms with Crippen molar-refractivity contribution in [3.8, 4) is 0 Å². The van der Waals surface area contributed by atoms with E-state index in [9.17, 15) is 9.59 Å². The van der Waals surface area contributed by atoms with Crippen molar-refractivity contribution >= 4 is 24.2 Å². The van der Waals surface area contributed by atoms with E-state index in [1.807, 2.05) is 0 Å². The van der Waals surface area contributed by atoms with E-state index in [0.29, 0.717) is 19.3 Å². The van der Waals surface area contributed by atoms with E-state index >= 15 is 0 Å². The summed E-state index contributed by atoms with van der Waals surface area (Å²) in [6.45, 7) is 0. The fraction of sp³-hybridized carbons (Fsp3) is 0.600. The van der Waals surface area contributed by atoms with Gasteiger partial charge >= 0.3 is 0 Å². The first-order chi connectivity index (χ1) is 3.79. The summed E-state index contributed by atoms with van der Waals surface area (Å²) in [4.78, 5) is 20.7. The minimum atomic E-state index is -0.138. The molecule has 1 saturated heterocycles. The Kier molecular flexibility index (Phi) is 3.24. The second-order valence-electron chi connectivity index (χ2n) is 1.82. The third-order valence-corrected chi connectivity index (χ3v) is 1.09. The van der Waals surface area contributed by atoms with Crippen LogP contribution in [0.25, 0.3) is 0 Å². The maximum atomic E-state index is 10.3. The predicted octanol–water partition coefficient (Wildman–Crippen LogP) is 0.235. The lowest BCUT2D eigenvalue weighted by molar-refractivity contribution is -0.132. The molecule has 4 heteroatoms. The average molecular weight is 150 g/mol. The van der Waals surface area contributed by atoms with Gasteiger partial charge in [-0.3, -0.25) is 14.9 Å². The van der Waals surface area contributed by atoms with E-state index in [0.717, 1.165) is 0 Å². The van der Waals surface area contributed by atoms with Crippen molar-refractivity contribution in [2.24, 2.45) is 0 Å². The molecule has 0 spiro atoms. The summed E-state index contributed by atoms with van der Waals surface area (Å²) < 4.78 is 0. The Morgan fingerprint density at radius 2 is 1.56 bits per heavy atom. The number of carbonyl (C=O) groups is 2. The van der Waals surface area contributed by atoms with Gasteiger partial charge in [0.2, 0.25) is 11.8 Å². The Hall–Kier alpha value is -0.570. The average Bonchev–Trinajstić information content (AvgIpc) is 1.64. The van der Waals surface area contributed by atoms with Crippen LogP contribution in [-0.2, 0) is 9.59 Å². The van der Waals surface area contributed by atoms with Crippen LogP contribution in [0.2, 0.25) is 0 Å². The summed E-state index contributed by atoms with van der Waals surface area (Å²) >= 11 is 0. The van der Waals surface area contributed by atoms with E-state index in [1.54, 1.807) is 0 Å². The van der Waals surface area contributed by atoms with Crippen LogP contribution in [0.3, 0.4) is 0 Å². The van der Waals surface area contributed by atoms with Gasteiger partial charge in [-0.05, 0) is 6.42 Å². The molecule has 0 aromatic carbocycles. The third-order valence-electron chi connectivity index (χ3n) is 1.09. The molecule has 0 aromatic rings. The minimum Gasteiger partial charge on any atom is -0.296 e. The number of halogens is 1. The van der Waals surface area contributed by atoms with Crippen LogP contribution in [0.15, 0.2) is 0 Å². The third kappa shape index (κ3) is 2.46. The lowest BCUT2D eigenvalue weighted by Crippen LogP contribution is -2.33. The lowest BCUT2D eigenvalue weighted by atomic mass is 10.1. The molecule has 9 heavy (non-hydrogen) atoms. The summed E-state index contributed by atoms with van der Waals surface area (Å²) in [6, 6.07) is 0. The fourth-order valence-corrected chi connectivity index (χ4v) is 0.690. The number of hydrogen-bond acceptors (Lipinski definition) is 2. The molecule has 52 valence electrons. The largest absolute Gasteiger partial charge is 0.296 e. The van der Waals surface area contributed by atoms with E-state index in [1.165, 1.54) is 0 Å². The Morgan fingerprint density at radius 1 is 1.11 bits per heavy atom. The first-order valence-corrected chi connectivity index (χ1v) is 2.62. The lowest BCUT2D eigenvalue weighted by Gasteiger charge is -2.07. The van der Waals surface area contributed by atoms with E-state index < -0.39 is 0 Å². The summed E-state index contributed by atoms with van der Waals surface area (Å²) in [5.41, 5.74) is 0. The molecule has 1 rings (SSSR count). The maximum Gasteiger partial charge on any atom is 0.226 e. The number of amides is 2. The number of imide groups is 1. The molecule has 2 amide bonds. The van der Waals surface area contributed by atoms with E-state index in [-0.39, 0.29) is 24.2 Å². The van der Waals surface area contributed by atoms with Crippen LogP contribution in [0.5, 0.6) is 0 Å². The number of hydrogen-bond donors (Lipinski definition) is 1. The van der Waals surface area contributed by atoms with Gasteiger partial charge in [0.05, 0.1) is 0 Å². The molecule has 1 aliphatic heterocycles. The molecule has 0 bridgehead atoms. The van der Waals surface area contributed by atoms with Gasteiger partial charge in [-0.15, -0.1) is 12.4 Å². The summed E-state index contributed by atoms with van der Waals surface area (Å²) in [5, 5.41) is 2.20. The van der Waals surface area contributed by atoms with Crippen molar-refractivity contribution in [1.82, 2.24) is 5.32 Å². The molecule has 0 aromatic heterocycles. The Balaban J connectivity index is 0.000000640. The Bertz CT molecular complexity index is 121. The summed E-state index contributed by atoms with van der Waals surface area (Å²) in [5.74, 6) is -0.275. The van der Waals surface area contributed by atoms with Crippen molar-refractivity contribution in [2.75, 3.05) is 0 Å². The van der Waals surface area contributed by atoms with Crippen LogP contribution in [0, 0.1) is 0 Å². The SMILES string of the molecule is Cl.O=C1CCCC(=O)N1. The molecular formula is C5H8ClNO2. The first-order valence-electron chi connectivity index (χ1n) is 2.62. The second kappa shape index (κ2) is 3.45. The van der Waals surface area contributed by atoms with Gasteiger partial charge in [-0.25, -0.2) is 0 Å². The minimum absolute atomic E-state index is 0. The molecule has 0 unspecified atom stereocenters. The van der Waals surface area contributed by atoms with Crippen molar-refractivity contribution in [2.45, 2.75) is 19.3 Å². The second-order valence-corrected chi connectivity index (χ2v) is 1.82. The molecule has 1 N–H and O–H groups in total. The molecule has 1 heterocycles. The molecule has 1 aliphatic rings. The van der Waals surface area contributed by atoms with Gasteiger partial charge in [0.1, 0.15) is 0 Å². The molecular weight excluding hydrogens is 142 g/mol. The first kappa shape index (κ1) is 8.43. The van der Waals surface area contributed by atoms with Gasteiger partial charge in [0.25, 0.3) is 0 Å². The molecule has 3 nitrogen and oxygen atoms in total. The normalized spacial score (nSPS) is 18.2. The molecule has 0 saturated carbocycles. The zero-order chi connectivity index (χ0) is 5.98. The Labute approximate surface area is 59.2 Å². The van der Waals surface area contributed by atoms with Crippen LogP contribution >= 0.6 is 12.4 Å². The quantitative estimate of drug-likeness (QED) is 0.502. The van der Waals surface area contributed by atoms with Crippen molar-refractivity contribution < 1.29 is 9.59 Å². The van der Waals surface area contributed by atoms with Crippen molar-refractivity contribution in [1.29, 1.82) is 0 Å². The highest BCUT2D eigenvalue weighted by Crippen LogP contribution is 2.00. The van der Waals surface area contributed by atoms with E-state index in [2.05, 4.69) is 5.32 Å². The predicted molar refractivity (Wildman–Crippen MR) is 34.2 cm³/mol. The number of carbonyl (C=O) groups excluding carboxylic acids is 2. The molecule has 0 radical (unpaired) electrons. The zero-order valence-electron chi connectivity index (χ0n) is 4.85. The van der Waals surface area contributed by atoms with Crippen LogP contribution in [0.4, 0.5) is 0 Å². The number of piperidine rings is 1. The topological polar surface area (TPSA) is 46.2 Å². The molecule has 1 fully saturated rings.